The van der Waals surface area contributed by atoms with Gasteiger partial charge in [0.2, 0.25) is 5.88 Å². The van der Waals surface area contributed by atoms with Crippen molar-refractivity contribution in [1.29, 1.82) is 5.26 Å². The summed E-state index contributed by atoms with van der Waals surface area (Å²) < 4.78 is 10.4. The molecule has 2 rings (SSSR count). The number of pyridine rings is 1. The number of ether oxygens (including phenoxy) is 2. The number of nitrogens with zero attached hydrogens (tertiary/aromatic N) is 2. The van der Waals surface area contributed by atoms with E-state index < -0.39 is 0 Å². The van der Waals surface area contributed by atoms with E-state index in [1.54, 1.807) is 37.6 Å². The van der Waals surface area contributed by atoms with Crippen molar-refractivity contribution < 1.29 is 9.47 Å². The fraction of sp³-hybridized carbons (Fsp3) is 0.200. The van der Waals surface area contributed by atoms with Gasteiger partial charge in [-0.2, -0.15) is 5.26 Å². The Labute approximate surface area is 117 Å². The van der Waals surface area contributed by atoms with Crippen molar-refractivity contribution >= 4 is 11.4 Å². The van der Waals surface area contributed by atoms with Gasteiger partial charge in [-0.1, -0.05) is 0 Å². The van der Waals surface area contributed by atoms with Crippen LogP contribution in [0.3, 0.4) is 0 Å². The summed E-state index contributed by atoms with van der Waals surface area (Å²) in [5.74, 6) is 1.26. The smallest absolute Gasteiger partial charge is 0.213 e. The van der Waals surface area contributed by atoms with Crippen molar-refractivity contribution in [1.82, 2.24) is 4.98 Å². The molecule has 0 spiro atoms. The van der Waals surface area contributed by atoms with E-state index in [2.05, 4.69) is 16.4 Å². The van der Waals surface area contributed by atoms with E-state index in [0.29, 0.717) is 29.5 Å². The molecule has 0 fully saturated rings. The zero-order chi connectivity index (χ0) is 14.4. The van der Waals surface area contributed by atoms with Crippen LogP contribution in [0.25, 0.3) is 0 Å². The molecule has 0 radical (unpaired) electrons. The fourth-order valence-electron chi connectivity index (χ4n) is 1.69. The van der Waals surface area contributed by atoms with Crippen LogP contribution in [0.5, 0.6) is 11.6 Å². The van der Waals surface area contributed by atoms with Crippen LogP contribution < -0.4 is 14.8 Å². The van der Waals surface area contributed by atoms with Crippen LogP contribution in [0.1, 0.15) is 12.5 Å². The minimum absolute atomic E-state index is 0.541. The molecule has 0 unspecified atom stereocenters. The number of nitrogens with one attached hydrogen (secondary N) is 1. The highest BCUT2D eigenvalue weighted by atomic mass is 16.5. The molecule has 20 heavy (non-hydrogen) atoms. The molecule has 0 aliphatic carbocycles. The summed E-state index contributed by atoms with van der Waals surface area (Å²) in [6.07, 6.45) is 1.66. The minimum Gasteiger partial charge on any atom is -0.497 e. The number of anilines is 2. The maximum Gasteiger partial charge on any atom is 0.213 e. The quantitative estimate of drug-likeness (QED) is 0.903. The number of hydrogen-bond acceptors (Lipinski definition) is 5. The molecule has 0 bridgehead atoms. The molecule has 1 N–H and O–H groups in total. The summed E-state index contributed by atoms with van der Waals surface area (Å²) in [5, 5.41) is 12.3. The van der Waals surface area contributed by atoms with Crippen molar-refractivity contribution in [2.75, 3.05) is 19.0 Å². The molecule has 1 aromatic heterocycles. The highest BCUT2D eigenvalue weighted by molar-refractivity contribution is 5.67. The van der Waals surface area contributed by atoms with Crippen molar-refractivity contribution in [2.45, 2.75) is 6.92 Å². The van der Waals surface area contributed by atoms with Crippen molar-refractivity contribution in [2.24, 2.45) is 0 Å². The first-order chi connectivity index (χ1) is 9.76. The predicted octanol–water partition coefficient (Wildman–Crippen LogP) is 3.10. The number of benzene rings is 1. The predicted molar refractivity (Wildman–Crippen MR) is 76.4 cm³/mol. The Bertz CT molecular complexity index is 618. The lowest BCUT2D eigenvalue weighted by atomic mass is 10.2. The number of nitriles is 1. The van der Waals surface area contributed by atoms with Gasteiger partial charge in [0.1, 0.15) is 11.8 Å². The molecule has 0 amide bonds. The highest BCUT2D eigenvalue weighted by Gasteiger charge is 2.05. The van der Waals surface area contributed by atoms with E-state index in [-0.39, 0.29) is 0 Å². The van der Waals surface area contributed by atoms with Gasteiger partial charge >= 0.3 is 0 Å². The monoisotopic (exact) mass is 269 g/mol. The summed E-state index contributed by atoms with van der Waals surface area (Å²) in [4.78, 5) is 4.16. The van der Waals surface area contributed by atoms with Gasteiger partial charge in [0, 0.05) is 12.1 Å². The summed E-state index contributed by atoms with van der Waals surface area (Å²) in [6, 6.07) is 11.0. The average Bonchev–Trinajstić information content (AvgIpc) is 2.49. The van der Waals surface area contributed by atoms with Crippen LogP contribution in [0, 0.1) is 11.3 Å². The van der Waals surface area contributed by atoms with E-state index in [4.69, 9.17) is 14.7 Å². The van der Waals surface area contributed by atoms with Crippen LogP contribution >= 0.6 is 0 Å². The van der Waals surface area contributed by atoms with Gasteiger partial charge < -0.3 is 14.8 Å². The first-order valence-electron chi connectivity index (χ1n) is 6.21. The topological polar surface area (TPSA) is 67.2 Å². The molecular weight excluding hydrogens is 254 g/mol. The Balaban J connectivity index is 2.22. The minimum atomic E-state index is 0.541. The van der Waals surface area contributed by atoms with Gasteiger partial charge in [-0.15, -0.1) is 0 Å². The van der Waals surface area contributed by atoms with Gasteiger partial charge in [0.25, 0.3) is 0 Å². The molecule has 5 nitrogen and oxygen atoms in total. The van der Waals surface area contributed by atoms with E-state index in [1.807, 2.05) is 13.0 Å². The molecule has 0 atom stereocenters. The number of aromatic nitrogens is 1. The van der Waals surface area contributed by atoms with Gasteiger partial charge in [0.05, 0.1) is 36.9 Å². The van der Waals surface area contributed by atoms with Gasteiger partial charge in [-0.25, -0.2) is 4.98 Å². The standard InChI is InChI=1S/C15H15N3O2/c1-3-20-15-7-5-12(10-17-15)18-14-8-13(19-2)6-4-11(14)9-16/h4-8,10,18H,3H2,1-2H3. The maximum atomic E-state index is 9.11. The Hall–Kier alpha value is -2.74. The maximum absolute atomic E-state index is 9.11. The normalized spacial score (nSPS) is 9.65. The third-order valence-corrected chi connectivity index (χ3v) is 2.65. The SMILES string of the molecule is CCOc1ccc(Nc2cc(OC)ccc2C#N)cn1. The first-order valence-corrected chi connectivity index (χ1v) is 6.21. The second kappa shape index (κ2) is 6.43. The fourth-order valence-corrected chi connectivity index (χ4v) is 1.69. The summed E-state index contributed by atoms with van der Waals surface area (Å²) >= 11 is 0. The largest absolute Gasteiger partial charge is 0.497 e. The molecule has 0 saturated heterocycles. The van der Waals surface area contributed by atoms with Crippen LogP contribution in [0.15, 0.2) is 36.5 Å². The summed E-state index contributed by atoms with van der Waals surface area (Å²) in [6.45, 7) is 2.48. The Kier molecular flexibility index (Phi) is 4.40. The summed E-state index contributed by atoms with van der Waals surface area (Å²) in [7, 11) is 1.59. The Morgan fingerprint density at radius 2 is 2.15 bits per heavy atom. The second-order valence-corrected chi connectivity index (χ2v) is 3.97. The van der Waals surface area contributed by atoms with E-state index in [1.165, 1.54) is 0 Å². The van der Waals surface area contributed by atoms with Crippen molar-refractivity contribution in [3.05, 3.63) is 42.1 Å². The lowest BCUT2D eigenvalue weighted by molar-refractivity contribution is 0.327. The lowest BCUT2D eigenvalue weighted by Gasteiger charge is -2.10. The van der Waals surface area contributed by atoms with Crippen molar-refractivity contribution in [3.63, 3.8) is 0 Å². The third kappa shape index (κ3) is 3.18. The molecule has 2 aromatic rings. The van der Waals surface area contributed by atoms with Gasteiger partial charge in [-0.05, 0) is 25.1 Å². The molecule has 0 saturated carbocycles. The average molecular weight is 269 g/mol. The molecule has 0 aliphatic heterocycles. The third-order valence-electron chi connectivity index (χ3n) is 2.65. The van der Waals surface area contributed by atoms with E-state index >= 15 is 0 Å². The van der Waals surface area contributed by atoms with E-state index in [0.717, 1.165) is 5.69 Å². The van der Waals surface area contributed by atoms with Crippen LogP contribution in [-0.2, 0) is 0 Å². The zero-order valence-electron chi connectivity index (χ0n) is 11.4. The van der Waals surface area contributed by atoms with Crippen LogP contribution in [0.2, 0.25) is 0 Å². The van der Waals surface area contributed by atoms with Crippen LogP contribution in [-0.4, -0.2) is 18.7 Å². The number of rotatable bonds is 5. The second-order valence-electron chi connectivity index (χ2n) is 3.97. The Morgan fingerprint density at radius 3 is 2.75 bits per heavy atom. The molecule has 1 aromatic carbocycles. The van der Waals surface area contributed by atoms with Gasteiger partial charge in [0.15, 0.2) is 0 Å². The number of methoxy groups -OCH3 is 1. The van der Waals surface area contributed by atoms with Gasteiger partial charge in [-0.3, -0.25) is 0 Å². The van der Waals surface area contributed by atoms with Crippen LogP contribution in [0.4, 0.5) is 11.4 Å². The molecular formula is C15H15N3O2. The lowest BCUT2D eigenvalue weighted by Crippen LogP contribution is -1.97. The van der Waals surface area contributed by atoms with E-state index in [9.17, 15) is 0 Å². The summed E-state index contributed by atoms with van der Waals surface area (Å²) in [5.41, 5.74) is 2.00. The molecule has 0 aliphatic rings. The first kappa shape index (κ1) is 13.7. The zero-order valence-corrected chi connectivity index (χ0v) is 11.4. The number of hydrogen-bond donors (Lipinski definition) is 1. The highest BCUT2D eigenvalue weighted by Crippen LogP contribution is 2.25. The Morgan fingerprint density at radius 1 is 1.30 bits per heavy atom. The molecule has 1 heterocycles. The van der Waals surface area contributed by atoms with Crippen molar-refractivity contribution in [3.8, 4) is 17.7 Å². The molecule has 102 valence electrons. The molecule has 5 heteroatoms.